The maximum Gasteiger partial charge on any atom is 0.164 e. The molecule has 0 spiro atoms. The van der Waals surface area contributed by atoms with Gasteiger partial charge in [-0.1, -0.05) is 13.8 Å². The van der Waals surface area contributed by atoms with Crippen LogP contribution in [0.15, 0.2) is 24.3 Å². The first-order valence-electron chi connectivity index (χ1n) is 10.0. The maximum atomic E-state index is 13.5. The fraction of sp³-hybridized carbons (Fsp3) is 0.391. The highest BCUT2D eigenvalue weighted by Crippen LogP contribution is 2.30. The van der Waals surface area contributed by atoms with Gasteiger partial charge in [-0.3, -0.25) is 9.59 Å². The number of methoxy groups -OCH3 is 2. The van der Waals surface area contributed by atoms with Gasteiger partial charge in [-0.25, -0.2) is 8.78 Å². The lowest BCUT2D eigenvalue weighted by Gasteiger charge is -2.18. The average Bonchev–Trinajstić information content (AvgIpc) is 2.80. The third-order valence-corrected chi connectivity index (χ3v) is 4.61. The SMILES string of the molecule is CCN(CC)CCCOc1cc(F)c(C=O)cc1OC.COc1cc(C=O)c(F)cc1O. The quantitative estimate of drug-likeness (QED) is 0.405. The monoisotopic (exact) mass is 453 g/mol. The zero-order valence-corrected chi connectivity index (χ0v) is 18.7. The molecule has 176 valence electrons. The summed E-state index contributed by atoms with van der Waals surface area (Å²) in [5.41, 5.74) is -0.165. The fourth-order valence-electron chi connectivity index (χ4n) is 2.74. The molecule has 0 heterocycles. The molecule has 0 aliphatic carbocycles. The van der Waals surface area contributed by atoms with Crippen LogP contribution in [0.25, 0.3) is 0 Å². The molecule has 0 radical (unpaired) electrons. The number of ether oxygens (including phenoxy) is 3. The minimum Gasteiger partial charge on any atom is -0.504 e. The van der Waals surface area contributed by atoms with Crippen molar-refractivity contribution >= 4 is 12.6 Å². The number of rotatable bonds is 11. The van der Waals surface area contributed by atoms with E-state index in [4.69, 9.17) is 14.6 Å². The Kier molecular flexibility index (Phi) is 11.7. The topological polar surface area (TPSA) is 85.3 Å². The number of nitrogens with zero attached hydrogens (tertiary/aromatic N) is 1. The number of phenolic OH excluding ortho intramolecular Hbond substituents is 1. The molecule has 0 atom stereocenters. The number of carbonyl (C=O) groups excluding carboxylic acids is 2. The Bertz CT molecular complexity index is 887. The first-order valence-corrected chi connectivity index (χ1v) is 10.0. The van der Waals surface area contributed by atoms with Gasteiger partial charge < -0.3 is 24.2 Å². The Morgan fingerprint density at radius 1 is 0.875 bits per heavy atom. The Morgan fingerprint density at radius 3 is 1.91 bits per heavy atom. The van der Waals surface area contributed by atoms with E-state index >= 15 is 0 Å². The third kappa shape index (κ3) is 7.81. The molecule has 0 saturated carbocycles. The van der Waals surface area contributed by atoms with Crippen LogP contribution in [0.1, 0.15) is 41.0 Å². The molecule has 32 heavy (non-hydrogen) atoms. The molecule has 0 unspecified atom stereocenters. The summed E-state index contributed by atoms with van der Waals surface area (Å²) in [6.45, 7) is 7.64. The Morgan fingerprint density at radius 2 is 1.41 bits per heavy atom. The van der Waals surface area contributed by atoms with Crippen LogP contribution in [0.4, 0.5) is 8.78 Å². The summed E-state index contributed by atoms with van der Waals surface area (Å²) < 4.78 is 41.6. The Hall–Kier alpha value is -3.20. The highest BCUT2D eigenvalue weighted by Gasteiger charge is 2.11. The molecule has 0 aliphatic rings. The summed E-state index contributed by atoms with van der Waals surface area (Å²) >= 11 is 0. The molecule has 0 fully saturated rings. The van der Waals surface area contributed by atoms with Crippen molar-refractivity contribution in [2.24, 2.45) is 0 Å². The van der Waals surface area contributed by atoms with E-state index in [9.17, 15) is 18.4 Å². The van der Waals surface area contributed by atoms with Gasteiger partial charge in [0.1, 0.15) is 11.6 Å². The van der Waals surface area contributed by atoms with E-state index in [0.717, 1.165) is 38.2 Å². The van der Waals surface area contributed by atoms with Crippen LogP contribution >= 0.6 is 0 Å². The average molecular weight is 453 g/mol. The van der Waals surface area contributed by atoms with Gasteiger partial charge in [0.15, 0.2) is 35.6 Å². The van der Waals surface area contributed by atoms with E-state index < -0.39 is 11.6 Å². The van der Waals surface area contributed by atoms with Gasteiger partial charge in [0.05, 0.1) is 32.0 Å². The predicted molar refractivity (Wildman–Crippen MR) is 116 cm³/mol. The molecule has 7 nitrogen and oxygen atoms in total. The molecular formula is C23H29F2NO6. The summed E-state index contributed by atoms with van der Waals surface area (Å²) in [5, 5.41) is 9.03. The van der Waals surface area contributed by atoms with Crippen molar-refractivity contribution in [1.82, 2.24) is 4.90 Å². The molecule has 2 aromatic rings. The van der Waals surface area contributed by atoms with Crippen molar-refractivity contribution in [2.75, 3.05) is 40.5 Å². The molecule has 1 N–H and O–H groups in total. The summed E-state index contributed by atoms with van der Waals surface area (Å²) in [7, 11) is 2.78. The van der Waals surface area contributed by atoms with E-state index in [1.165, 1.54) is 26.4 Å². The molecule has 0 aromatic heterocycles. The number of aldehydes is 2. The van der Waals surface area contributed by atoms with Gasteiger partial charge >= 0.3 is 0 Å². The van der Waals surface area contributed by atoms with Crippen LogP contribution in [-0.2, 0) is 0 Å². The third-order valence-electron chi connectivity index (χ3n) is 4.61. The molecule has 0 bridgehead atoms. The minimum atomic E-state index is -0.761. The molecular weight excluding hydrogens is 424 g/mol. The van der Waals surface area contributed by atoms with Crippen LogP contribution < -0.4 is 14.2 Å². The van der Waals surface area contributed by atoms with E-state index in [-0.39, 0.29) is 22.6 Å². The lowest BCUT2D eigenvalue weighted by atomic mass is 10.2. The Balaban J connectivity index is 0.000000363. The number of hydrogen-bond donors (Lipinski definition) is 1. The van der Waals surface area contributed by atoms with E-state index in [0.29, 0.717) is 30.7 Å². The van der Waals surface area contributed by atoms with Gasteiger partial charge in [0.2, 0.25) is 0 Å². The highest BCUT2D eigenvalue weighted by molar-refractivity contribution is 5.77. The summed E-state index contributed by atoms with van der Waals surface area (Å²) in [6.07, 6.45) is 1.67. The van der Waals surface area contributed by atoms with Crippen molar-refractivity contribution in [1.29, 1.82) is 0 Å². The molecule has 2 aromatic carbocycles. The number of carbonyl (C=O) groups is 2. The van der Waals surface area contributed by atoms with Gasteiger partial charge in [0.25, 0.3) is 0 Å². The molecule has 0 saturated heterocycles. The van der Waals surface area contributed by atoms with Gasteiger partial charge in [-0.15, -0.1) is 0 Å². The highest BCUT2D eigenvalue weighted by atomic mass is 19.1. The molecule has 0 aliphatic heterocycles. The summed E-state index contributed by atoms with van der Waals surface area (Å²) in [4.78, 5) is 23.2. The predicted octanol–water partition coefficient (Wildman–Crippen LogP) is 4.11. The van der Waals surface area contributed by atoms with E-state index in [1.807, 2.05) is 0 Å². The molecule has 9 heteroatoms. The van der Waals surface area contributed by atoms with Crippen LogP contribution in [0, 0.1) is 11.6 Å². The molecule has 0 amide bonds. The van der Waals surface area contributed by atoms with Gasteiger partial charge in [-0.05, 0) is 31.6 Å². The maximum absolute atomic E-state index is 13.5. The van der Waals surface area contributed by atoms with Gasteiger partial charge in [0, 0.05) is 18.7 Å². The van der Waals surface area contributed by atoms with Crippen LogP contribution in [-0.4, -0.2) is 63.0 Å². The first kappa shape index (κ1) is 26.8. The van der Waals surface area contributed by atoms with Crippen molar-refractivity contribution in [3.05, 3.63) is 47.0 Å². The zero-order chi connectivity index (χ0) is 24.1. The van der Waals surface area contributed by atoms with Gasteiger partial charge in [-0.2, -0.15) is 0 Å². The number of aromatic hydroxyl groups is 1. The lowest BCUT2D eigenvalue weighted by molar-refractivity contribution is 0.111. The van der Waals surface area contributed by atoms with E-state index in [1.54, 1.807) is 0 Å². The summed E-state index contributed by atoms with van der Waals surface area (Å²) in [5.74, 6) is -0.895. The van der Waals surface area contributed by atoms with Crippen LogP contribution in [0.3, 0.4) is 0 Å². The fourth-order valence-corrected chi connectivity index (χ4v) is 2.74. The second-order valence-electron chi connectivity index (χ2n) is 6.53. The van der Waals surface area contributed by atoms with Crippen LogP contribution in [0.5, 0.6) is 23.0 Å². The number of phenols is 1. The second-order valence-corrected chi connectivity index (χ2v) is 6.53. The number of halogens is 2. The smallest absolute Gasteiger partial charge is 0.164 e. The van der Waals surface area contributed by atoms with Crippen molar-refractivity contribution in [3.63, 3.8) is 0 Å². The zero-order valence-electron chi connectivity index (χ0n) is 18.7. The minimum absolute atomic E-state index is 0.0302. The standard InChI is InChI=1S/C15H22FNO3.C8H7FO3/c1-4-17(5-2)7-6-8-20-15-10-13(16)12(11-18)9-14(15)19-3;1-12-8-2-5(4-10)6(9)3-7(8)11/h9-11H,4-8H2,1-3H3;2-4,11H,1H3. The van der Waals surface area contributed by atoms with Crippen molar-refractivity contribution in [3.8, 4) is 23.0 Å². The normalized spacial score (nSPS) is 10.2. The van der Waals surface area contributed by atoms with Crippen molar-refractivity contribution in [2.45, 2.75) is 20.3 Å². The van der Waals surface area contributed by atoms with Crippen LogP contribution in [0.2, 0.25) is 0 Å². The largest absolute Gasteiger partial charge is 0.504 e. The van der Waals surface area contributed by atoms with E-state index in [2.05, 4.69) is 23.5 Å². The lowest BCUT2D eigenvalue weighted by Crippen LogP contribution is -2.25. The first-order chi connectivity index (χ1) is 15.3. The number of benzene rings is 2. The van der Waals surface area contributed by atoms with Crippen molar-refractivity contribution < 1.29 is 37.7 Å². The number of hydrogen-bond acceptors (Lipinski definition) is 7. The Labute approximate surface area is 186 Å². The second kappa shape index (κ2) is 14.0. The summed E-state index contributed by atoms with van der Waals surface area (Å²) in [6, 6.07) is 4.52. The molecule has 2 rings (SSSR count).